The Balaban J connectivity index is 1.74. The molecule has 0 radical (unpaired) electrons. The van der Waals surface area contributed by atoms with Crippen LogP contribution in [0, 0.1) is 0 Å². The second-order valence-corrected chi connectivity index (χ2v) is 22.4. The first-order chi connectivity index (χ1) is 31.0. The van der Waals surface area contributed by atoms with Crippen LogP contribution < -0.4 is 9.13 Å². The maximum atomic E-state index is 11.4. The third-order valence-electron chi connectivity index (χ3n) is 13.3. The van der Waals surface area contributed by atoms with Crippen molar-refractivity contribution in [2.75, 3.05) is 11.5 Å². The van der Waals surface area contributed by atoms with Crippen molar-refractivity contribution >= 4 is 20.2 Å². The average molecular weight is 942 g/mol. The van der Waals surface area contributed by atoms with E-state index in [1.807, 2.05) is 0 Å². The third-order valence-corrected chi connectivity index (χ3v) is 14.9. The van der Waals surface area contributed by atoms with Gasteiger partial charge in [-0.25, -0.2) is 18.3 Å². The summed E-state index contributed by atoms with van der Waals surface area (Å²) in [5, 5.41) is 0. The van der Waals surface area contributed by atoms with Crippen LogP contribution in [0.15, 0.2) is 24.8 Å². The number of hydrogen-bond acceptors (Lipinski definition) is 4. The summed E-state index contributed by atoms with van der Waals surface area (Å²) in [7, 11) is -7.94. The van der Waals surface area contributed by atoms with Gasteiger partial charge in [0.2, 0.25) is 0 Å². The lowest BCUT2D eigenvalue weighted by molar-refractivity contribution is -0.703. The van der Waals surface area contributed by atoms with Crippen molar-refractivity contribution in [3.05, 3.63) is 36.4 Å². The van der Waals surface area contributed by atoms with E-state index in [1.165, 1.54) is 191 Å². The molecule has 0 amide bonds. The zero-order valence-corrected chi connectivity index (χ0v) is 43.2. The number of unbranched alkanes of at least 4 members (excludes halogenated alkanes) is 31. The van der Waals surface area contributed by atoms with Crippen LogP contribution in [-0.4, -0.2) is 46.6 Å². The van der Waals surface area contributed by atoms with Gasteiger partial charge < -0.3 is 0 Å². The van der Waals surface area contributed by atoms with Crippen LogP contribution in [0.4, 0.5) is 0 Å². The number of aryl methyl sites for hydroxylation is 4. The fourth-order valence-corrected chi connectivity index (χ4v) is 10.4. The van der Waals surface area contributed by atoms with Gasteiger partial charge in [-0.2, -0.15) is 16.8 Å². The Morgan fingerprint density at radius 2 is 0.625 bits per heavy atom. The molecular formula is C52H100N4O6S2+2. The Morgan fingerprint density at radius 3 is 0.891 bits per heavy atom. The van der Waals surface area contributed by atoms with Crippen LogP contribution in [0.5, 0.6) is 0 Å². The standard InChI is InChI=1S/C52H98N4O6S2/c1-3-5-7-9-11-13-15-17-19-21-23-25-27-29-33-39-51-53(45-47-55(51)43-37-49-63(57,58)59)41-35-31-32-36-42-54-46-48-56(44-38-50-64(60,61)62)52(54)40-34-30-28-26-24-22-20-18-16-14-12-10-8-6-4-2/h45-48H,3-44,49-50H2,1-2H3/p+2. The second-order valence-electron chi connectivity index (χ2n) is 19.3. The molecule has 0 fully saturated rings. The van der Waals surface area contributed by atoms with Gasteiger partial charge in [-0.05, 0) is 38.5 Å². The zero-order valence-electron chi connectivity index (χ0n) is 41.6. The van der Waals surface area contributed by atoms with Crippen LogP contribution in [0.25, 0.3) is 0 Å². The van der Waals surface area contributed by atoms with Gasteiger partial charge in [0, 0.05) is 25.7 Å². The highest BCUT2D eigenvalue weighted by Crippen LogP contribution is 2.17. The molecule has 12 heteroatoms. The van der Waals surface area contributed by atoms with E-state index in [1.54, 1.807) is 0 Å². The van der Waals surface area contributed by atoms with Gasteiger partial charge in [-0.3, -0.25) is 9.11 Å². The van der Waals surface area contributed by atoms with E-state index in [0.29, 0.717) is 25.9 Å². The first-order valence-electron chi connectivity index (χ1n) is 27.1. The normalized spacial score (nSPS) is 12.2. The molecule has 0 saturated heterocycles. The van der Waals surface area contributed by atoms with Gasteiger partial charge in [0.1, 0.15) is 24.8 Å². The summed E-state index contributed by atoms with van der Waals surface area (Å²) in [6, 6.07) is 0. The quantitative estimate of drug-likeness (QED) is 0.0387. The molecule has 0 saturated carbocycles. The number of aromatic nitrogens is 4. The minimum absolute atomic E-state index is 0.212. The summed E-state index contributed by atoms with van der Waals surface area (Å²) in [5.41, 5.74) is 0. The van der Waals surface area contributed by atoms with Gasteiger partial charge in [0.05, 0.1) is 37.7 Å². The zero-order chi connectivity index (χ0) is 46.4. The van der Waals surface area contributed by atoms with Crippen LogP contribution in [0.3, 0.4) is 0 Å². The molecule has 2 rings (SSSR count). The molecule has 2 N–H and O–H groups in total. The Kier molecular flexibility index (Phi) is 34.9. The van der Waals surface area contributed by atoms with Crippen molar-refractivity contribution in [3.8, 4) is 0 Å². The smallest absolute Gasteiger partial charge is 0.265 e. The molecule has 2 aromatic rings. The summed E-state index contributed by atoms with van der Waals surface area (Å²) in [6.07, 6.45) is 55.9. The first kappa shape index (κ1) is 58.4. The molecule has 0 aliphatic carbocycles. The minimum Gasteiger partial charge on any atom is -0.286 e. The fourth-order valence-electron chi connectivity index (χ4n) is 9.45. The van der Waals surface area contributed by atoms with Crippen LogP contribution in [0.1, 0.15) is 257 Å². The van der Waals surface area contributed by atoms with Gasteiger partial charge in [0.15, 0.2) is 0 Å². The van der Waals surface area contributed by atoms with Crippen LogP contribution in [-0.2, 0) is 59.3 Å². The third kappa shape index (κ3) is 32.0. The molecule has 2 aromatic heterocycles. The van der Waals surface area contributed by atoms with Crippen molar-refractivity contribution in [2.24, 2.45) is 0 Å². The van der Waals surface area contributed by atoms with E-state index in [2.05, 4.69) is 56.9 Å². The molecule has 0 aliphatic heterocycles. The highest BCUT2D eigenvalue weighted by atomic mass is 32.2. The van der Waals surface area contributed by atoms with Crippen molar-refractivity contribution in [1.29, 1.82) is 0 Å². The molecule has 0 aliphatic rings. The monoisotopic (exact) mass is 941 g/mol. The maximum absolute atomic E-state index is 11.4. The second kappa shape index (κ2) is 38.2. The SMILES string of the molecule is CCCCCCCCCCCCCCCCCc1n(CCCCCCn2cc[n+](CCCS(=O)(=O)O)c2CCCCCCCCCCCCCCCCC)cc[n+]1CCCS(=O)(=O)O. The Labute approximate surface area is 394 Å². The van der Waals surface area contributed by atoms with Crippen LogP contribution >= 0.6 is 0 Å². The molecule has 0 aromatic carbocycles. The number of rotatable bonds is 47. The van der Waals surface area contributed by atoms with E-state index in [9.17, 15) is 25.9 Å². The molecule has 2 heterocycles. The topological polar surface area (TPSA) is 126 Å². The minimum atomic E-state index is -3.97. The van der Waals surface area contributed by atoms with E-state index in [4.69, 9.17) is 0 Å². The summed E-state index contributed by atoms with van der Waals surface area (Å²) in [4.78, 5) is 0. The van der Waals surface area contributed by atoms with E-state index in [-0.39, 0.29) is 11.5 Å². The predicted molar refractivity (Wildman–Crippen MR) is 267 cm³/mol. The molecule has 0 atom stereocenters. The Hall–Kier alpha value is -1.76. The predicted octanol–water partition coefficient (Wildman–Crippen LogP) is 13.5. The van der Waals surface area contributed by atoms with E-state index in [0.717, 1.165) is 64.5 Å². The molecule has 10 nitrogen and oxygen atoms in total. The number of imidazole rings is 2. The van der Waals surface area contributed by atoms with Gasteiger partial charge >= 0.3 is 0 Å². The Morgan fingerprint density at radius 1 is 0.375 bits per heavy atom. The largest absolute Gasteiger partial charge is 0.286 e. The summed E-state index contributed by atoms with van der Waals surface area (Å²) in [5.74, 6) is 2.10. The number of hydrogen-bond donors (Lipinski definition) is 2. The lowest BCUT2D eigenvalue weighted by atomic mass is 10.0. The summed E-state index contributed by atoms with van der Waals surface area (Å²) in [6.45, 7) is 7.63. The maximum Gasteiger partial charge on any atom is 0.265 e. The van der Waals surface area contributed by atoms with Crippen molar-refractivity contribution in [3.63, 3.8) is 0 Å². The molecular weight excluding hydrogens is 841 g/mol. The first-order valence-corrected chi connectivity index (χ1v) is 30.3. The number of nitrogens with zero attached hydrogens (tertiary/aromatic N) is 4. The van der Waals surface area contributed by atoms with Gasteiger partial charge in [0.25, 0.3) is 31.9 Å². The summed E-state index contributed by atoms with van der Waals surface area (Å²) >= 11 is 0. The van der Waals surface area contributed by atoms with Crippen molar-refractivity contribution < 1.29 is 35.1 Å². The lowest BCUT2D eigenvalue weighted by Crippen LogP contribution is -2.38. The van der Waals surface area contributed by atoms with Crippen molar-refractivity contribution in [1.82, 2.24) is 9.13 Å². The fraction of sp³-hybridized carbons (Fsp3) is 0.885. The molecule has 0 unspecified atom stereocenters. The van der Waals surface area contributed by atoms with E-state index < -0.39 is 20.2 Å². The molecule has 0 bridgehead atoms. The Bertz CT molecular complexity index is 1490. The molecule has 64 heavy (non-hydrogen) atoms. The van der Waals surface area contributed by atoms with Gasteiger partial charge in [-0.1, -0.05) is 194 Å². The van der Waals surface area contributed by atoms with Gasteiger partial charge in [-0.15, -0.1) is 0 Å². The average Bonchev–Trinajstić information content (AvgIpc) is 3.83. The highest BCUT2D eigenvalue weighted by molar-refractivity contribution is 7.86. The van der Waals surface area contributed by atoms with E-state index >= 15 is 0 Å². The molecule has 0 spiro atoms. The van der Waals surface area contributed by atoms with Crippen molar-refractivity contribution in [2.45, 2.75) is 284 Å². The summed E-state index contributed by atoms with van der Waals surface area (Å²) < 4.78 is 73.4. The molecule has 374 valence electrons. The highest BCUT2D eigenvalue weighted by Gasteiger charge is 2.19. The van der Waals surface area contributed by atoms with Crippen LogP contribution in [0.2, 0.25) is 0 Å². The lowest BCUT2D eigenvalue weighted by Gasteiger charge is -2.07.